The molecule has 0 aliphatic carbocycles. The number of rotatable bonds is 8. The van der Waals surface area contributed by atoms with Crippen LogP contribution in [-0.4, -0.2) is 35.4 Å². The van der Waals surface area contributed by atoms with E-state index in [1.54, 1.807) is 12.0 Å². The van der Waals surface area contributed by atoms with Crippen molar-refractivity contribution in [1.82, 2.24) is 10.2 Å². The molecular formula is C26H36N2O3. The summed E-state index contributed by atoms with van der Waals surface area (Å²) in [7, 11) is 1.62. The maximum Gasteiger partial charge on any atom is 0.243 e. The normalized spacial score (nSPS) is 12.2. The molecule has 2 rings (SSSR count). The predicted octanol–water partition coefficient (Wildman–Crippen LogP) is 4.58. The van der Waals surface area contributed by atoms with E-state index in [-0.39, 0.29) is 23.8 Å². The minimum Gasteiger partial charge on any atom is -0.497 e. The molecule has 0 saturated carbocycles. The lowest BCUT2D eigenvalue weighted by molar-refractivity contribution is -0.141. The molecule has 5 heteroatoms. The van der Waals surface area contributed by atoms with Gasteiger partial charge >= 0.3 is 0 Å². The molecule has 2 aromatic carbocycles. The molecule has 1 atom stereocenters. The minimum atomic E-state index is -0.542. The van der Waals surface area contributed by atoms with Gasteiger partial charge in [0.05, 0.1) is 13.5 Å². The molecule has 0 aromatic heterocycles. The fourth-order valence-electron chi connectivity index (χ4n) is 3.75. The number of carbonyl (C=O) groups is 2. The average molecular weight is 425 g/mol. The number of hydrogen-bond acceptors (Lipinski definition) is 3. The van der Waals surface area contributed by atoms with E-state index < -0.39 is 6.04 Å². The summed E-state index contributed by atoms with van der Waals surface area (Å²) in [6, 6.07) is 13.2. The number of hydrogen-bond donors (Lipinski definition) is 1. The van der Waals surface area contributed by atoms with Crippen molar-refractivity contribution in [1.29, 1.82) is 0 Å². The van der Waals surface area contributed by atoms with Gasteiger partial charge < -0.3 is 15.0 Å². The SMILES string of the molecule is CC[C@H](C(=O)NC(C)(C)C)N(Cc1ccc(OC)cc1)C(=O)Cc1cc(C)cc(C)c1. The Hall–Kier alpha value is -2.82. The van der Waals surface area contributed by atoms with E-state index in [2.05, 4.69) is 11.4 Å². The van der Waals surface area contributed by atoms with Crippen molar-refractivity contribution in [3.05, 3.63) is 64.7 Å². The highest BCUT2D eigenvalue weighted by Gasteiger charge is 2.30. The minimum absolute atomic E-state index is 0.0586. The highest BCUT2D eigenvalue weighted by Crippen LogP contribution is 2.19. The molecule has 0 spiro atoms. The maximum absolute atomic E-state index is 13.5. The Kier molecular flexibility index (Phi) is 8.26. The fourth-order valence-corrected chi connectivity index (χ4v) is 3.75. The van der Waals surface area contributed by atoms with Gasteiger partial charge in [-0.1, -0.05) is 48.4 Å². The summed E-state index contributed by atoms with van der Waals surface area (Å²) in [6.45, 7) is 12.2. The van der Waals surface area contributed by atoms with Crippen molar-refractivity contribution < 1.29 is 14.3 Å². The van der Waals surface area contributed by atoms with E-state index in [4.69, 9.17) is 4.74 Å². The third kappa shape index (κ3) is 7.42. The molecule has 31 heavy (non-hydrogen) atoms. The molecule has 0 heterocycles. The van der Waals surface area contributed by atoms with Gasteiger partial charge in [0.1, 0.15) is 11.8 Å². The molecule has 0 saturated heterocycles. The first-order valence-corrected chi connectivity index (χ1v) is 10.8. The van der Waals surface area contributed by atoms with Gasteiger partial charge in [-0.25, -0.2) is 0 Å². The second kappa shape index (κ2) is 10.5. The third-order valence-electron chi connectivity index (χ3n) is 5.03. The zero-order valence-corrected chi connectivity index (χ0v) is 19.9. The maximum atomic E-state index is 13.5. The Morgan fingerprint density at radius 3 is 2.06 bits per heavy atom. The lowest BCUT2D eigenvalue weighted by atomic mass is 10.0. The zero-order chi connectivity index (χ0) is 23.2. The number of methoxy groups -OCH3 is 1. The molecule has 0 aliphatic rings. The zero-order valence-electron chi connectivity index (χ0n) is 19.9. The Bertz CT molecular complexity index is 878. The van der Waals surface area contributed by atoms with Gasteiger partial charge in [0.15, 0.2) is 0 Å². The van der Waals surface area contributed by atoms with Crippen molar-refractivity contribution in [2.45, 2.75) is 72.5 Å². The Morgan fingerprint density at radius 2 is 1.58 bits per heavy atom. The van der Waals surface area contributed by atoms with Crippen LogP contribution >= 0.6 is 0 Å². The van der Waals surface area contributed by atoms with Crippen molar-refractivity contribution in [3.63, 3.8) is 0 Å². The molecule has 2 amide bonds. The molecule has 1 N–H and O–H groups in total. The van der Waals surface area contributed by atoms with Gasteiger partial charge in [0.2, 0.25) is 11.8 Å². The van der Waals surface area contributed by atoms with Crippen LogP contribution in [0.2, 0.25) is 0 Å². The monoisotopic (exact) mass is 424 g/mol. The van der Waals surface area contributed by atoms with Crippen LogP contribution in [0.4, 0.5) is 0 Å². The Labute approximate surface area is 186 Å². The van der Waals surface area contributed by atoms with Gasteiger partial charge in [-0.15, -0.1) is 0 Å². The van der Waals surface area contributed by atoms with Crippen LogP contribution in [0.3, 0.4) is 0 Å². The quantitative estimate of drug-likeness (QED) is 0.675. The van der Waals surface area contributed by atoms with Gasteiger partial charge in [-0.2, -0.15) is 0 Å². The molecule has 168 valence electrons. The van der Waals surface area contributed by atoms with Crippen LogP contribution in [0.15, 0.2) is 42.5 Å². The van der Waals surface area contributed by atoms with E-state index in [1.807, 2.05) is 77.9 Å². The smallest absolute Gasteiger partial charge is 0.243 e. The number of amides is 2. The number of nitrogens with zero attached hydrogens (tertiary/aromatic N) is 1. The standard InChI is InChI=1S/C26H36N2O3/c1-8-23(25(30)27-26(4,5)6)28(17-20-9-11-22(31-7)12-10-20)24(29)16-21-14-18(2)13-19(3)15-21/h9-15,23H,8,16-17H2,1-7H3,(H,27,30)/t23-/m1/s1. The fraction of sp³-hybridized carbons (Fsp3) is 0.462. The Morgan fingerprint density at radius 1 is 1.00 bits per heavy atom. The van der Waals surface area contributed by atoms with Crippen molar-refractivity contribution >= 4 is 11.8 Å². The van der Waals surface area contributed by atoms with E-state index in [1.165, 1.54) is 0 Å². The molecule has 2 aromatic rings. The van der Waals surface area contributed by atoms with Crippen molar-refractivity contribution in [3.8, 4) is 5.75 Å². The van der Waals surface area contributed by atoms with Gasteiger partial charge in [-0.3, -0.25) is 9.59 Å². The molecule has 0 aliphatic heterocycles. The third-order valence-corrected chi connectivity index (χ3v) is 5.03. The van der Waals surface area contributed by atoms with Crippen LogP contribution < -0.4 is 10.1 Å². The molecule has 0 bridgehead atoms. The number of benzene rings is 2. The second-order valence-corrected chi connectivity index (χ2v) is 9.21. The van der Waals surface area contributed by atoms with Crippen LogP contribution in [0.25, 0.3) is 0 Å². The van der Waals surface area contributed by atoms with Gasteiger partial charge in [-0.05, 0) is 64.3 Å². The van der Waals surface area contributed by atoms with Crippen molar-refractivity contribution in [2.24, 2.45) is 0 Å². The first kappa shape index (κ1) is 24.4. The van der Waals surface area contributed by atoms with Crippen LogP contribution in [-0.2, 0) is 22.6 Å². The average Bonchev–Trinajstić information content (AvgIpc) is 2.66. The van der Waals surface area contributed by atoms with E-state index >= 15 is 0 Å². The number of aryl methyl sites for hydroxylation is 2. The largest absolute Gasteiger partial charge is 0.497 e. The van der Waals surface area contributed by atoms with E-state index in [0.29, 0.717) is 13.0 Å². The van der Waals surface area contributed by atoms with Gasteiger partial charge in [0.25, 0.3) is 0 Å². The summed E-state index contributed by atoms with van der Waals surface area (Å²) >= 11 is 0. The van der Waals surface area contributed by atoms with Crippen LogP contribution in [0.5, 0.6) is 5.75 Å². The van der Waals surface area contributed by atoms with E-state index in [9.17, 15) is 9.59 Å². The second-order valence-electron chi connectivity index (χ2n) is 9.21. The first-order valence-electron chi connectivity index (χ1n) is 10.8. The number of ether oxygens (including phenoxy) is 1. The summed E-state index contributed by atoms with van der Waals surface area (Å²) in [4.78, 5) is 28.2. The molecule has 0 fully saturated rings. The first-order chi connectivity index (χ1) is 14.5. The molecule has 0 radical (unpaired) electrons. The lowest BCUT2D eigenvalue weighted by Gasteiger charge is -2.33. The van der Waals surface area contributed by atoms with Gasteiger partial charge in [0, 0.05) is 12.1 Å². The number of nitrogens with one attached hydrogen (secondary N) is 1. The summed E-state index contributed by atoms with van der Waals surface area (Å²) in [6.07, 6.45) is 0.800. The highest BCUT2D eigenvalue weighted by molar-refractivity contribution is 5.88. The summed E-state index contributed by atoms with van der Waals surface area (Å²) in [5, 5.41) is 3.04. The van der Waals surface area contributed by atoms with Crippen LogP contribution in [0.1, 0.15) is 56.4 Å². The van der Waals surface area contributed by atoms with Crippen LogP contribution in [0, 0.1) is 13.8 Å². The summed E-state index contributed by atoms with van der Waals surface area (Å²) in [5.74, 6) is 0.573. The van der Waals surface area contributed by atoms with E-state index in [0.717, 1.165) is 28.0 Å². The summed E-state index contributed by atoms with van der Waals surface area (Å²) < 4.78 is 5.24. The van der Waals surface area contributed by atoms with Crippen molar-refractivity contribution in [2.75, 3.05) is 7.11 Å². The topological polar surface area (TPSA) is 58.6 Å². The lowest BCUT2D eigenvalue weighted by Crippen LogP contribution is -2.53. The molecule has 5 nitrogen and oxygen atoms in total. The molecule has 0 unspecified atom stereocenters. The predicted molar refractivity (Wildman–Crippen MR) is 125 cm³/mol. The molecular weight excluding hydrogens is 388 g/mol. The number of carbonyl (C=O) groups excluding carboxylic acids is 2. The Balaban J connectivity index is 2.34. The highest BCUT2D eigenvalue weighted by atomic mass is 16.5. The summed E-state index contributed by atoms with van der Waals surface area (Å²) in [5.41, 5.74) is 3.81.